The van der Waals surface area contributed by atoms with Crippen molar-refractivity contribution in [1.29, 1.82) is 0 Å². The van der Waals surface area contributed by atoms with Crippen molar-refractivity contribution in [2.75, 3.05) is 20.2 Å². The van der Waals surface area contributed by atoms with Gasteiger partial charge >= 0.3 is 0 Å². The molecular weight excluding hydrogens is 524 g/mol. The van der Waals surface area contributed by atoms with E-state index in [0.717, 1.165) is 34.8 Å². The highest BCUT2D eigenvalue weighted by atomic mass is 32.2. The number of methoxy groups -OCH3 is 1. The second-order valence-corrected chi connectivity index (χ2v) is 9.72. The van der Waals surface area contributed by atoms with Crippen LogP contribution in [-0.4, -0.2) is 57.0 Å². The van der Waals surface area contributed by atoms with Gasteiger partial charge in [-0.25, -0.2) is 4.98 Å². The summed E-state index contributed by atoms with van der Waals surface area (Å²) in [7, 11) is 1.44. The van der Waals surface area contributed by atoms with Crippen LogP contribution in [0, 0.1) is 10.1 Å². The van der Waals surface area contributed by atoms with E-state index < -0.39 is 16.1 Å². The Kier molecular flexibility index (Phi) is 7.28. The van der Waals surface area contributed by atoms with Gasteiger partial charge in [0.1, 0.15) is 12.7 Å². The lowest BCUT2D eigenvalue weighted by molar-refractivity contribution is -0.385. The molecule has 198 valence electrons. The Hall–Kier alpha value is -4.71. The largest absolute Gasteiger partial charge is 0.493 e. The van der Waals surface area contributed by atoms with Gasteiger partial charge in [0.2, 0.25) is 11.8 Å². The van der Waals surface area contributed by atoms with Crippen LogP contribution in [-0.2, 0) is 22.6 Å². The number of thioether (sulfide) groups is 1. The average Bonchev–Trinajstić information content (AvgIpc) is 3.20. The molecule has 0 radical (unpaired) electrons. The number of aromatic nitrogens is 1. The standard InChI is InChI=1S/C27H22N4O7S/c1-37-22-12-17(6-8-21(22)38-24-9-7-20(14-28-24)31(35)36)13-23-26(33)30(27(34)39-23)16-25(32)29-11-10-18-4-2-3-5-19(18)15-29/h2-9,12-14H,10-11,15-16H2,1H3/b23-13+. The molecule has 2 aliphatic heterocycles. The Morgan fingerprint density at radius 1 is 1.13 bits per heavy atom. The van der Waals surface area contributed by atoms with Crippen LogP contribution in [0.3, 0.4) is 0 Å². The number of carbonyl (C=O) groups is 3. The maximum absolute atomic E-state index is 13.0. The average molecular weight is 547 g/mol. The molecule has 0 saturated carbocycles. The highest BCUT2D eigenvalue weighted by Gasteiger charge is 2.37. The molecule has 1 fully saturated rings. The molecule has 39 heavy (non-hydrogen) atoms. The van der Waals surface area contributed by atoms with Gasteiger partial charge in [-0.2, -0.15) is 0 Å². The molecule has 0 N–H and O–H groups in total. The summed E-state index contributed by atoms with van der Waals surface area (Å²) in [6.45, 7) is 0.665. The van der Waals surface area contributed by atoms with Crippen molar-refractivity contribution >= 4 is 40.6 Å². The van der Waals surface area contributed by atoms with Crippen molar-refractivity contribution in [2.45, 2.75) is 13.0 Å². The van der Waals surface area contributed by atoms with E-state index in [1.807, 2.05) is 24.3 Å². The summed E-state index contributed by atoms with van der Waals surface area (Å²) in [6.07, 6.45) is 3.36. The third-order valence-electron chi connectivity index (χ3n) is 6.28. The fourth-order valence-corrected chi connectivity index (χ4v) is 5.08. The molecule has 3 amide bonds. The van der Waals surface area contributed by atoms with Crippen molar-refractivity contribution in [2.24, 2.45) is 0 Å². The van der Waals surface area contributed by atoms with Crippen LogP contribution < -0.4 is 9.47 Å². The summed E-state index contributed by atoms with van der Waals surface area (Å²) >= 11 is 0.768. The van der Waals surface area contributed by atoms with E-state index >= 15 is 0 Å². The maximum Gasteiger partial charge on any atom is 0.294 e. The molecule has 1 saturated heterocycles. The van der Waals surface area contributed by atoms with Crippen LogP contribution in [0.25, 0.3) is 6.08 Å². The van der Waals surface area contributed by atoms with E-state index in [1.54, 1.807) is 29.2 Å². The van der Waals surface area contributed by atoms with Crippen LogP contribution in [0.5, 0.6) is 17.4 Å². The molecule has 0 spiro atoms. The number of ether oxygens (including phenoxy) is 2. The lowest BCUT2D eigenvalue weighted by Gasteiger charge is -2.29. The summed E-state index contributed by atoms with van der Waals surface area (Å²) in [5.41, 5.74) is 2.67. The molecule has 12 heteroatoms. The fourth-order valence-electron chi connectivity index (χ4n) is 4.24. The minimum Gasteiger partial charge on any atom is -0.493 e. The number of amides is 3. The van der Waals surface area contributed by atoms with Crippen LogP contribution >= 0.6 is 11.8 Å². The van der Waals surface area contributed by atoms with Crippen LogP contribution in [0.4, 0.5) is 10.5 Å². The zero-order valence-electron chi connectivity index (χ0n) is 20.7. The van der Waals surface area contributed by atoms with E-state index in [1.165, 1.54) is 24.8 Å². The van der Waals surface area contributed by atoms with Crippen LogP contribution in [0.1, 0.15) is 16.7 Å². The lowest BCUT2D eigenvalue weighted by atomic mass is 10.00. The molecule has 0 atom stereocenters. The summed E-state index contributed by atoms with van der Waals surface area (Å²) in [6, 6.07) is 15.4. The molecule has 11 nitrogen and oxygen atoms in total. The molecule has 2 aliphatic rings. The Morgan fingerprint density at radius 2 is 1.92 bits per heavy atom. The summed E-state index contributed by atoms with van der Waals surface area (Å²) in [5.74, 6) is -0.0580. The molecule has 1 aromatic heterocycles. The van der Waals surface area contributed by atoms with Crippen molar-refractivity contribution in [3.8, 4) is 17.4 Å². The van der Waals surface area contributed by atoms with Crippen molar-refractivity contribution in [1.82, 2.24) is 14.8 Å². The van der Waals surface area contributed by atoms with Gasteiger partial charge in [0.25, 0.3) is 16.8 Å². The number of benzene rings is 2. The Balaban J connectivity index is 1.26. The number of hydrogen-bond acceptors (Lipinski definition) is 9. The fraction of sp³-hybridized carbons (Fsp3) is 0.185. The van der Waals surface area contributed by atoms with Gasteiger partial charge in [0.15, 0.2) is 11.5 Å². The smallest absolute Gasteiger partial charge is 0.294 e. The Labute approximate surface area is 227 Å². The lowest BCUT2D eigenvalue weighted by Crippen LogP contribution is -2.44. The second-order valence-electron chi connectivity index (χ2n) is 8.73. The molecule has 0 unspecified atom stereocenters. The minimum atomic E-state index is -0.559. The van der Waals surface area contributed by atoms with Crippen molar-refractivity contribution in [3.05, 3.63) is 92.5 Å². The van der Waals surface area contributed by atoms with Crippen LogP contribution in [0.2, 0.25) is 0 Å². The van der Waals surface area contributed by atoms with E-state index in [4.69, 9.17) is 9.47 Å². The van der Waals surface area contributed by atoms with Gasteiger partial charge in [0, 0.05) is 25.2 Å². The van der Waals surface area contributed by atoms with Crippen molar-refractivity contribution < 1.29 is 28.8 Å². The molecule has 0 bridgehead atoms. The first-order valence-corrected chi connectivity index (χ1v) is 12.7. The van der Waals surface area contributed by atoms with E-state index in [0.29, 0.717) is 30.2 Å². The maximum atomic E-state index is 13.0. The topological polar surface area (TPSA) is 132 Å². The SMILES string of the molecule is COc1cc(/C=C2/SC(=O)N(CC(=O)N3CCc4ccccc4C3)C2=O)ccc1Oc1ccc([N+](=O)[O-])cn1. The molecule has 0 aliphatic carbocycles. The predicted octanol–water partition coefficient (Wildman–Crippen LogP) is 4.41. The first-order chi connectivity index (χ1) is 18.8. The third kappa shape index (κ3) is 5.60. The number of pyridine rings is 1. The number of nitrogens with zero attached hydrogens (tertiary/aromatic N) is 4. The highest BCUT2D eigenvalue weighted by Crippen LogP contribution is 2.36. The highest BCUT2D eigenvalue weighted by molar-refractivity contribution is 8.18. The number of hydrogen-bond donors (Lipinski definition) is 0. The normalized spacial score (nSPS) is 15.9. The van der Waals surface area contributed by atoms with Gasteiger partial charge in [0.05, 0.1) is 16.9 Å². The summed E-state index contributed by atoms with van der Waals surface area (Å²) in [5, 5.41) is 10.3. The molecule has 2 aromatic carbocycles. The first-order valence-electron chi connectivity index (χ1n) is 11.9. The third-order valence-corrected chi connectivity index (χ3v) is 7.19. The monoisotopic (exact) mass is 546 g/mol. The van der Waals surface area contributed by atoms with E-state index in [-0.39, 0.29) is 28.9 Å². The number of carbonyl (C=O) groups excluding carboxylic acids is 3. The zero-order chi connectivity index (χ0) is 27.5. The van der Waals surface area contributed by atoms with E-state index in [9.17, 15) is 24.5 Å². The van der Waals surface area contributed by atoms with E-state index in [2.05, 4.69) is 4.98 Å². The number of nitro groups is 1. The van der Waals surface area contributed by atoms with Crippen molar-refractivity contribution in [3.63, 3.8) is 0 Å². The Bertz CT molecular complexity index is 1510. The number of imide groups is 1. The second kappa shape index (κ2) is 11.0. The number of rotatable bonds is 7. The number of fused-ring (bicyclic) bond motifs is 1. The van der Waals surface area contributed by atoms with Gasteiger partial charge in [-0.15, -0.1) is 0 Å². The zero-order valence-corrected chi connectivity index (χ0v) is 21.6. The minimum absolute atomic E-state index is 0.134. The van der Waals surface area contributed by atoms with Gasteiger partial charge in [-0.05, 0) is 53.1 Å². The molecule has 3 aromatic rings. The predicted molar refractivity (Wildman–Crippen MR) is 142 cm³/mol. The van der Waals surface area contributed by atoms with Crippen LogP contribution in [0.15, 0.2) is 65.7 Å². The van der Waals surface area contributed by atoms with Gasteiger partial charge in [-0.3, -0.25) is 29.4 Å². The quantitative estimate of drug-likeness (QED) is 0.240. The van der Waals surface area contributed by atoms with Gasteiger partial charge < -0.3 is 14.4 Å². The Morgan fingerprint density at radius 3 is 2.64 bits per heavy atom. The molecule has 3 heterocycles. The first kappa shape index (κ1) is 25.9. The van der Waals surface area contributed by atoms with Gasteiger partial charge in [-0.1, -0.05) is 30.3 Å². The molecule has 5 rings (SSSR count). The summed E-state index contributed by atoms with van der Waals surface area (Å²) < 4.78 is 11.1. The summed E-state index contributed by atoms with van der Waals surface area (Å²) in [4.78, 5) is 55.5. The molecular formula is C27H22N4O7S.